The Kier molecular flexibility index (Phi) is 6.31. The molecule has 0 unspecified atom stereocenters. The number of fused-ring (bicyclic) bond motifs is 6. The van der Waals surface area contributed by atoms with E-state index in [9.17, 15) is 9.90 Å². The van der Waals surface area contributed by atoms with Gasteiger partial charge in [-0.1, -0.05) is 18.6 Å². The summed E-state index contributed by atoms with van der Waals surface area (Å²) in [5, 5.41) is 16.8. The first-order chi connectivity index (χ1) is 17.3. The molecule has 5 heteroatoms. The van der Waals surface area contributed by atoms with Gasteiger partial charge in [-0.05, 0) is 119 Å². The minimum Gasteiger partial charge on any atom is -0.387 e. The highest BCUT2D eigenvalue weighted by Crippen LogP contribution is 2.64. The molecule has 4 saturated carbocycles. The lowest BCUT2D eigenvalue weighted by molar-refractivity contribution is -0.138. The number of ketones is 1. The zero-order chi connectivity index (χ0) is 25.1. The molecular formula is C31H44N2O3. The van der Waals surface area contributed by atoms with Gasteiger partial charge in [0.25, 0.3) is 0 Å². The largest absolute Gasteiger partial charge is 0.387 e. The summed E-state index contributed by atoms with van der Waals surface area (Å²) >= 11 is 0. The molecule has 1 aromatic heterocycles. The van der Waals surface area contributed by atoms with Gasteiger partial charge in [-0.3, -0.25) is 9.48 Å². The third-order valence-electron chi connectivity index (χ3n) is 11.2. The van der Waals surface area contributed by atoms with Crippen LogP contribution in [0.5, 0.6) is 0 Å². The Balaban J connectivity index is 1.15. The Morgan fingerprint density at radius 2 is 1.94 bits per heavy atom. The monoisotopic (exact) mass is 492 g/mol. The molecule has 0 bridgehead atoms. The molecule has 2 aromatic rings. The predicted molar refractivity (Wildman–Crippen MR) is 142 cm³/mol. The number of rotatable bonds is 6. The van der Waals surface area contributed by atoms with Crippen LogP contribution in [0.15, 0.2) is 24.4 Å². The normalized spacial score (nSPS) is 40.0. The first kappa shape index (κ1) is 24.6. The van der Waals surface area contributed by atoms with Crippen LogP contribution in [0.2, 0.25) is 0 Å². The van der Waals surface area contributed by atoms with E-state index in [1.165, 1.54) is 37.7 Å². The second-order valence-corrected chi connectivity index (χ2v) is 13.0. The SMILES string of the molecule is CCOC[C@@]1(O)CC[C@H]2[C@H](CC[C@@H]3[C@@H]2CC[C@]2(C)[C@@H](C(=O)Cn4ncc5cc(C)ccc54)CC[C@@H]32)C1. The smallest absolute Gasteiger partial charge is 0.157 e. The van der Waals surface area contributed by atoms with E-state index in [0.29, 0.717) is 37.4 Å². The van der Waals surface area contributed by atoms with E-state index in [4.69, 9.17) is 4.74 Å². The molecule has 6 rings (SSSR count). The number of hydrogen-bond acceptors (Lipinski definition) is 4. The van der Waals surface area contributed by atoms with Crippen LogP contribution in [0.25, 0.3) is 10.9 Å². The Hall–Kier alpha value is -1.72. The second-order valence-electron chi connectivity index (χ2n) is 13.0. The van der Waals surface area contributed by atoms with Crippen molar-refractivity contribution in [2.24, 2.45) is 40.9 Å². The minimum absolute atomic E-state index is 0.134. The van der Waals surface area contributed by atoms with E-state index in [1.54, 1.807) is 0 Å². The van der Waals surface area contributed by atoms with Crippen molar-refractivity contribution in [1.29, 1.82) is 0 Å². The number of benzene rings is 1. The van der Waals surface area contributed by atoms with E-state index in [0.717, 1.165) is 54.3 Å². The molecule has 8 atom stereocenters. The number of carbonyl (C=O) groups is 1. The number of aromatic nitrogens is 2. The molecule has 0 spiro atoms. The van der Waals surface area contributed by atoms with Crippen molar-refractivity contribution in [2.45, 2.75) is 90.7 Å². The summed E-state index contributed by atoms with van der Waals surface area (Å²) in [6.07, 6.45) is 12.1. The van der Waals surface area contributed by atoms with E-state index >= 15 is 0 Å². The molecule has 0 saturated heterocycles. The van der Waals surface area contributed by atoms with Crippen LogP contribution in [0, 0.1) is 47.8 Å². The van der Waals surface area contributed by atoms with Gasteiger partial charge >= 0.3 is 0 Å². The molecule has 0 aliphatic heterocycles. The van der Waals surface area contributed by atoms with Gasteiger partial charge in [-0.2, -0.15) is 5.10 Å². The summed E-state index contributed by atoms with van der Waals surface area (Å²) in [7, 11) is 0. The molecule has 1 heterocycles. The van der Waals surface area contributed by atoms with Crippen LogP contribution in [0.4, 0.5) is 0 Å². The predicted octanol–water partition coefficient (Wildman–Crippen LogP) is 5.95. The van der Waals surface area contributed by atoms with Crippen LogP contribution < -0.4 is 0 Å². The molecule has 0 amide bonds. The Morgan fingerprint density at radius 1 is 1.11 bits per heavy atom. The molecule has 4 aliphatic carbocycles. The number of ether oxygens (including phenoxy) is 1. The summed E-state index contributed by atoms with van der Waals surface area (Å²) in [5.74, 6) is 4.16. The first-order valence-corrected chi connectivity index (χ1v) is 14.6. The fraction of sp³-hybridized carbons (Fsp3) is 0.742. The van der Waals surface area contributed by atoms with Crippen LogP contribution >= 0.6 is 0 Å². The summed E-state index contributed by atoms with van der Waals surface area (Å²) in [4.78, 5) is 13.7. The van der Waals surface area contributed by atoms with Crippen LogP contribution in [-0.4, -0.2) is 39.5 Å². The van der Waals surface area contributed by atoms with Gasteiger partial charge < -0.3 is 9.84 Å². The fourth-order valence-corrected chi connectivity index (χ4v) is 9.50. The van der Waals surface area contributed by atoms with Gasteiger partial charge in [-0.25, -0.2) is 0 Å². The highest BCUT2D eigenvalue weighted by Gasteiger charge is 2.59. The van der Waals surface area contributed by atoms with Crippen molar-refractivity contribution in [3.8, 4) is 0 Å². The third-order valence-corrected chi connectivity index (χ3v) is 11.2. The molecule has 0 radical (unpaired) electrons. The molecular weight excluding hydrogens is 448 g/mol. The zero-order valence-electron chi connectivity index (χ0n) is 22.4. The van der Waals surface area contributed by atoms with Crippen LogP contribution in [-0.2, 0) is 16.1 Å². The quantitative estimate of drug-likeness (QED) is 0.541. The van der Waals surface area contributed by atoms with E-state index in [2.05, 4.69) is 37.1 Å². The van der Waals surface area contributed by atoms with Crippen molar-refractivity contribution in [1.82, 2.24) is 9.78 Å². The summed E-state index contributed by atoms with van der Waals surface area (Å²) in [6, 6.07) is 6.36. The Labute approximate surface area is 216 Å². The van der Waals surface area contributed by atoms with E-state index in [-0.39, 0.29) is 11.3 Å². The van der Waals surface area contributed by atoms with Crippen LogP contribution in [0.1, 0.15) is 77.2 Å². The van der Waals surface area contributed by atoms with E-state index in [1.807, 2.05) is 17.8 Å². The standard InChI is InChI=1S/C31H44N2O3/c1-4-36-19-31(35)14-12-23-21(16-31)6-7-25-24(23)11-13-30(3)26(25)8-9-27(30)29(34)18-33-28-10-5-20(2)15-22(28)17-32-33/h5,10,15,17,21,23-27,35H,4,6-9,11-14,16,18-19H2,1-3H3/t21-,23+,24-,25-,26+,27-,30+,31-/m1/s1. The lowest BCUT2D eigenvalue weighted by Gasteiger charge is -2.57. The highest BCUT2D eigenvalue weighted by atomic mass is 16.5. The van der Waals surface area contributed by atoms with Crippen molar-refractivity contribution < 1.29 is 14.6 Å². The number of carbonyl (C=O) groups excluding carboxylic acids is 1. The van der Waals surface area contributed by atoms with E-state index < -0.39 is 5.60 Å². The van der Waals surface area contributed by atoms with Gasteiger partial charge in [0.15, 0.2) is 5.78 Å². The number of aryl methyl sites for hydroxylation is 1. The third kappa shape index (κ3) is 4.05. The van der Waals surface area contributed by atoms with Gasteiger partial charge in [-0.15, -0.1) is 0 Å². The number of aliphatic hydroxyl groups is 1. The number of nitrogens with zero attached hydrogens (tertiary/aromatic N) is 2. The minimum atomic E-state index is -0.618. The molecule has 36 heavy (non-hydrogen) atoms. The maximum Gasteiger partial charge on any atom is 0.157 e. The van der Waals surface area contributed by atoms with Crippen molar-refractivity contribution in [3.05, 3.63) is 30.0 Å². The van der Waals surface area contributed by atoms with Gasteiger partial charge in [0.05, 0.1) is 23.9 Å². The average molecular weight is 493 g/mol. The van der Waals surface area contributed by atoms with Gasteiger partial charge in [0, 0.05) is 17.9 Å². The van der Waals surface area contributed by atoms with Gasteiger partial charge in [0.1, 0.15) is 6.54 Å². The molecule has 1 N–H and O–H groups in total. The lowest BCUT2D eigenvalue weighted by atomic mass is 9.49. The highest BCUT2D eigenvalue weighted by molar-refractivity contribution is 5.85. The molecule has 4 fully saturated rings. The molecule has 196 valence electrons. The molecule has 1 aromatic carbocycles. The van der Waals surface area contributed by atoms with Crippen molar-refractivity contribution in [3.63, 3.8) is 0 Å². The van der Waals surface area contributed by atoms with Crippen molar-refractivity contribution >= 4 is 16.7 Å². The summed E-state index contributed by atoms with van der Waals surface area (Å²) in [5.41, 5.74) is 1.81. The number of hydrogen-bond donors (Lipinski definition) is 1. The van der Waals surface area contributed by atoms with Crippen LogP contribution in [0.3, 0.4) is 0 Å². The zero-order valence-corrected chi connectivity index (χ0v) is 22.4. The number of Topliss-reactive ketones (excluding diaryl/α,β-unsaturated/α-hetero) is 1. The summed E-state index contributed by atoms with van der Waals surface area (Å²) < 4.78 is 7.57. The Morgan fingerprint density at radius 3 is 2.78 bits per heavy atom. The first-order valence-electron chi connectivity index (χ1n) is 14.6. The topological polar surface area (TPSA) is 64.3 Å². The lowest BCUT2D eigenvalue weighted by Crippen LogP contribution is -2.52. The van der Waals surface area contributed by atoms with Crippen molar-refractivity contribution in [2.75, 3.05) is 13.2 Å². The average Bonchev–Trinajstić information content (AvgIpc) is 3.42. The second kappa shape index (κ2) is 9.23. The molecule has 4 aliphatic rings. The summed E-state index contributed by atoms with van der Waals surface area (Å²) in [6.45, 7) is 8.13. The fourth-order valence-electron chi connectivity index (χ4n) is 9.50. The molecule has 5 nitrogen and oxygen atoms in total. The maximum atomic E-state index is 13.7. The van der Waals surface area contributed by atoms with Gasteiger partial charge in [0.2, 0.25) is 0 Å². The maximum absolute atomic E-state index is 13.7. The Bertz CT molecular complexity index is 1130.